The van der Waals surface area contributed by atoms with Gasteiger partial charge in [0.15, 0.2) is 0 Å². The van der Waals surface area contributed by atoms with Crippen LogP contribution in [-0.4, -0.2) is 11.0 Å². The number of hydrogen-bond donors (Lipinski definition) is 1. The van der Waals surface area contributed by atoms with Crippen LogP contribution in [0.2, 0.25) is 0 Å². The molecule has 0 aromatic heterocycles. The Hall–Kier alpha value is -2.85. The molecule has 3 aromatic rings. The lowest BCUT2D eigenvalue weighted by Crippen LogP contribution is -2.11. The Bertz CT molecular complexity index is 758. The average molecular weight is 333 g/mol. The number of anilines is 1. The summed E-state index contributed by atoms with van der Waals surface area (Å²) in [4.78, 5) is 25.1. The van der Waals surface area contributed by atoms with E-state index in [2.05, 4.69) is 5.32 Å². The molecule has 118 valence electrons. The average Bonchev–Trinajstić information content (AvgIpc) is 2.65. The number of hydrogen-bond acceptors (Lipinski definition) is 3. The van der Waals surface area contributed by atoms with Gasteiger partial charge < -0.3 is 5.32 Å². The molecule has 24 heavy (non-hydrogen) atoms. The molecule has 3 rings (SSSR count). The van der Waals surface area contributed by atoms with Gasteiger partial charge in [0.25, 0.3) is 5.91 Å². The van der Waals surface area contributed by atoms with Crippen LogP contribution in [0.4, 0.5) is 5.69 Å². The Morgan fingerprint density at radius 1 is 0.667 bits per heavy atom. The molecule has 4 heteroatoms. The molecule has 0 heterocycles. The van der Waals surface area contributed by atoms with Gasteiger partial charge in [0.05, 0.1) is 0 Å². The van der Waals surface area contributed by atoms with Crippen molar-refractivity contribution < 1.29 is 9.59 Å². The summed E-state index contributed by atoms with van der Waals surface area (Å²) in [5, 5.41) is 2.83. The predicted molar refractivity (Wildman–Crippen MR) is 97.5 cm³/mol. The quantitative estimate of drug-likeness (QED) is 0.693. The van der Waals surface area contributed by atoms with Crippen molar-refractivity contribution >= 4 is 28.5 Å². The summed E-state index contributed by atoms with van der Waals surface area (Å²) in [5.41, 5.74) is 1.97. The fraction of sp³-hybridized carbons (Fsp3) is 0. The fourth-order valence-electron chi connectivity index (χ4n) is 2.14. The summed E-state index contributed by atoms with van der Waals surface area (Å²) in [6, 6.07) is 25.4. The second-order valence-corrected chi connectivity index (χ2v) is 6.15. The van der Waals surface area contributed by atoms with Crippen molar-refractivity contribution in [3.05, 3.63) is 96.1 Å². The van der Waals surface area contributed by atoms with Crippen molar-refractivity contribution in [3.63, 3.8) is 0 Å². The third-order valence-corrected chi connectivity index (χ3v) is 4.30. The first kappa shape index (κ1) is 16.0. The number of carbonyl (C=O) groups excluding carboxylic acids is 2. The Kier molecular flexibility index (Phi) is 5.08. The Morgan fingerprint density at radius 2 is 1.21 bits per heavy atom. The Balaban J connectivity index is 1.63. The van der Waals surface area contributed by atoms with Gasteiger partial charge in [-0.25, -0.2) is 0 Å². The third-order valence-electron chi connectivity index (χ3n) is 3.37. The van der Waals surface area contributed by atoms with Crippen LogP contribution in [0.25, 0.3) is 0 Å². The number of thioether (sulfide) groups is 1. The molecule has 0 atom stereocenters. The number of rotatable bonds is 4. The maximum absolute atomic E-state index is 12.2. The first-order valence-corrected chi connectivity index (χ1v) is 8.28. The molecule has 0 bridgehead atoms. The number of nitrogens with one attached hydrogen (secondary N) is 1. The van der Waals surface area contributed by atoms with E-state index in [9.17, 15) is 9.59 Å². The zero-order valence-electron chi connectivity index (χ0n) is 12.8. The molecular formula is C20H15NO2S. The highest BCUT2D eigenvalue weighted by Gasteiger charge is 2.08. The van der Waals surface area contributed by atoms with Gasteiger partial charge in [-0.1, -0.05) is 48.5 Å². The highest BCUT2D eigenvalue weighted by Crippen LogP contribution is 2.24. The smallest absolute Gasteiger partial charge is 0.255 e. The lowest BCUT2D eigenvalue weighted by atomic mass is 10.2. The van der Waals surface area contributed by atoms with Crippen LogP contribution >= 0.6 is 11.8 Å². The Morgan fingerprint density at radius 3 is 1.79 bits per heavy atom. The van der Waals surface area contributed by atoms with E-state index in [4.69, 9.17) is 0 Å². The second kappa shape index (κ2) is 7.62. The molecule has 0 unspecified atom stereocenters. The Labute approximate surface area is 144 Å². The monoisotopic (exact) mass is 333 g/mol. The molecule has 0 aliphatic heterocycles. The molecule has 0 saturated heterocycles. The van der Waals surface area contributed by atoms with Gasteiger partial charge in [-0.05, 0) is 48.2 Å². The standard InChI is InChI=1S/C20H15NO2S/c22-19(15-7-3-1-4-8-15)21-17-11-13-18(14-12-17)24-20(23)16-9-5-2-6-10-16/h1-14H,(H,21,22). The summed E-state index contributed by atoms with van der Waals surface area (Å²) in [6.45, 7) is 0. The highest BCUT2D eigenvalue weighted by molar-refractivity contribution is 8.14. The van der Waals surface area contributed by atoms with Gasteiger partial charge in [-0.3, -0.25) is 9.59 Å². The van der Waals surface area contributed by atoms with Gasteiger partial charge in [0, 0.05) is 21.7 Å². The number of benzene rings is 3. The van der Waals surface area contributed by atoms with E-state index in [1.807, 2.05) is 48.5 Å². The van der Waals surface area contributed by atoms with Crippen molar-refractivity contribution in [2.75, 3.05) is 5.32 Å². The summed E-state index contributed by atoms with van der Waals surface area (Å²) >= 11 is 1.17. The lowest BCUT2D eigenvalue weighted by Gasteiger charge is -2.06. The van der Waals surface area contributed by atoms with Crippen molar-refractivity contribution in [1.82, 2.24) is 0 Å². The molecule has 0 radical (unpaired) electrons. The minimum absolute atomic E-state index is 0.00308. The van der Waals surface area contributed by atoms with E-state index in [0.29, 0.717) is 16.8 Å². The minimum Gasteiger partial charge on any atom is -0.322 e. The van der Waals surface area contributed by atoms with Gasteiger partial charge in [0.2, 0.25) is 5.12 Å². The molecule has 3 aromatic carbocycles. The van der Waals surface area contributed by atoms with Crippen molar-refractivity contribution in [3.8, 4) is 0 Å². The molecule has 0 spiro atoms. The van der Waals surface area contributed by atoms with Crippen molar-refractivity contribution in [1.29, 1.82) is 0 Å². The van der Waals surface area contributed by atoms with E-state index in [1.165, 1.54) is 11.8 Å². The predicted octanol–water partition coefficient (Wildman–Crippen LogP) is 4.87. The van der Waals surface area contributed by atoms with Crippen LogP contribution in [0.1, 0.15) is 20.7 Å². The lowest BCUT2D eigenvalue weighted by molar-refractivity contribution is 0.102. The van der Waals surface area contributed by atoms with Gasteiger partial charge in [-0.2, -0.15) is 0 Å². The zero-order chi connectivity index (χ0) is 16.8. The normalized spacial score (nSPS) is 10.2. The summed E-state index contributed by atoms with van der Waals surface area (Å²) in [5.74, 6) is -0.156. The zero-order valence-corrected chi connectivity index (χ0v) is 13.6. The van der Waals surface area contributed by atoms with Crippen LogP contribution in [0, 0.1) is 0 Å². The first-order chi connectivity index (χ1) is 11.7. The van der Waals surface area contributed by atoms with Crippen LogP contribution < -0.4 is 5.32 Å². The second-order valence-electron chi connectivity index (χ2n) is 5.10. The molecule has 0 aliphatic carbocycles. The van der Waals surface area contributed by atoms with Crippen molar-refractivity contribution in [2.45, 2.75) is 4.90 Å². The van der Waals surface area contributed by atoms with Gasteiger partial charge in [0.1, 0.15) is 0 Å². The molecule has 0 aliphatic rings. The van der Waals surface area contributed by atoms with E-state index in [1.54, 1.807) is 36.4 Å². The van der Waals surface area contributed by atoms with Gasteiger partial charge in [-0.15, -0.1) is 0 Å². The molecule has 1 amide bonds. The summed E-state index contributed by atoms with van der Waals surface area (Å²) in [7, 11) is 0. The maximum Gasteiger partial charge on any atom is 0.255 e. The summed E-state index contributed by atoms with van der Waals surface area (Å²) < 4.78 is 0. The van der Waals surface area contributed by atoms with Crippen LogP contribution in [0.15, 0.2) is 89.8 Å². The highest BCUT2D eigenvalue weighted by atomic mass is 32.2. The first-order valence-electron chi connectivity index (χ1n) is 7.46. The van der Waals surface area contributed by atoms with Crippen LogP contribution in [0.5, 0.6) is 0 Å². The van der Waals surface area contributed by atoms with Crippen LogP contribution in [0.3, 0.4) is 0 Å². The molecule has 0 saturated carbocycles. The van der Waals surface area contributed by atoms with Gasteiger partial charge >= 0.3 is 0 Å². The molecule has 0 fully saturated rings. The minimum atomic E-state index is -0.156. The number of amides is 1. The van der Waals surface area contributed by atoms with E-state index in [0.717, 1.165) is 4.90 Å². The fourth-order valence-corrected chi connectivity index (χ4v) is 2.88. The summed E-state index contributed by atoms with van der Waals surface area (Å²) in [6.07, 6.45) is 0. The SMILES string of the molecule is O=C(Nc1ccc(SC(=O)c2ccccc2)cc1)c1ccccc1. The number of carbonyl (C=O) groups is 2. The van der Waals surface area contributed by atoms with E-state index >= 15 is 0 Å². The van der Waals surface area contributed by atoms with E-state index < -0.39 is 0 Å². The van der Waals surface area contributed by atoms with Crippen molar-refractivity contribution in [2.24, 2.45) is 0 Å². The largest absolute Gasteiger partial charge is 0.322 e. The molecular weight excluding hydrogens is 318 g/mol. The van der Waals surface area contributed by atoms with E-state index in [-0.39, 0.29) is 11.0 Å². The van der Waals surface area contributed by atoms with Crippen LogP contribution in [-0.2, 0) is 0 Å². The molecule has 1 N–H and O–H groups in total. The topological polar surface area (TPSA) is 46.2 Å². The maximum atomic E-state index is 12.2. The molecule has 3 nitrogen and oxygen atoms in total. The third kappa shape index (κ3) is 4.12.